The fourth-order valence-corrected chi connectivity index (χ4v) is 2.69. The summed E-state index contributed by atoms with van der Waals surface area (Å²) in [7, 11) is 3.64. The van der Waals surface area contributed by atoms with E-state index in [0.29, 0.717) is 12.1 Å². The molecule has 0 saturated heterocycles. The molecule has 0 atom stereocenters. The Bertz CT molecular complexity index is 974. The molecule has 0 aliphatic heterocycles. The Balaban J connectivity index is 1.87. The Hall–Kier alpha value is -3.07. The molecule has 0 saturated carbocycles. The summed E-state index contributed by atoms with van der Waals surface area (Å²) >= 11 is 0. The van der Waals surface area contributed by atoms with Crippen LogP contribution in [0.4, 0.5) is 23.4 Å². The quantitative estimate of drug-likeness (QED) is 0.618. The van der Waals surface area contributed by atoms with Gasteiger partial charge in [0.05, 0.1) is 0 Å². The number of rotatable bonds is 6. The zero-order valence-corrected chi connectivity index (χ0v) is 15.8. The van der Waals surface area contributed by atoms with Gasteiger partial charge in [0.2, 0.25) is 0 Å². The minimum absolute atomic E-state index is 0.00598. The van der Waals surface area contributed by atoms with Crippen molar-refractivity contribution >= 4 is 5.82 Å². The van der Waals surface area contributed by atoms with E-state index in [-0.39, 0.29) is 29.7 Å². The lowest BCUT2D eigenvalue weighted by atomic mass is 10.1. The number of hydrogen-bond acceptors (Lipinski definition) is 5. The summed E-state index contributed by atoms with van der Waals surface area (Å²) in [4.78, 5) is 13.6. The van der Waals surface area contributed by atoms with Gasteiger partial charge in [-0.15, -0.1) is 0 Å². The van der Waals surface area contributed by atoms with Gasteiger partial charge in [-0.05, 0) is 43.9 Å². The number of halogens is 4. The van der Waals surface area contributed by atoms with Gasteiger partial charge in [0.15, 0.2) is 11.5 Å². The van der Waals surface area contributed by atoms with Crippen LogP contribution in [-0.2, 0) is 19.3 Å². The summed E-state index contributed by atoms with van der Waals surface area (Å²) in [6, 6.07) is 10.3. The van der Waals surface area contributed by atoms with E-state index in [0.717, 1.165) is 11.6 Å². The van der Waals surface area contributed by atoms with Crippen molar-refractivity contribution in [2.75, 3.05) is 19.4 Å². The van der Waals surface area contributed by atoms with Gasteiger partial charge in [-0.1, -0.05) is 12.1 Å². The van der Waals surface area contributed by atoms with Crippen molar-refractivity contribution in [3.8, 4) is 11.5 Å². The molecule has 152 valence electrons. The Morgan fingerprint density at radius 1 is 1.03 bits per heavy atom. The first kappa shape index (κ1) is 20.7. The summed E-state index contributed by atoms with van der Waals surface area (Å²) in [5.74, 6) is -0.455. The highest BCUT2D eigenvalue weighted by molar-refractivity contribution is 5.53. The second-order valence-corrected chi connectivity index (χ2v) is 6.69. The number of nitrogens with one attached hydrogen (secondary N) is 1. The maximum atomic E-state index is 13.9. The number of pyridine rings is 1. The maximum absolute atomic E-state index is 13.9. The van der Waals surface area contributed by atoms with Crippen LogP contribution in [0.2, 0.25) is 0 Å². The van der Waals surface area contributed by atoms with Crippen molar-refractivity contribution in [3.05, 3.63) is 71.3 Å². The van der Waals surface area contributed by atoms with Gasteiger partial charge in [-0.25, -0.2) is 14.4 Å². The average Bonchev–Trinajstić information content (AvgIpc) is 2.68. The second kappa shape index (κ2) is 8.52. The zero-order chi connectivity index (χ0) is 21.0. The molecule has 3 aromatic rings. The zero-order valence-electron chi connectivity index (χ0n) is 15.8. The van der Waals surface area contributed by atoms with Gasteiger partial charge >= 0.3 is 6.18 Å². The van der Waals surface area contributed by atoms with Crippen LogP contribution in [0.15, 0.2) is 48.7 Å². The highest BCUT2D eigenvalue weighted by Crippen LogP contribution is 2.30. The van der Waals surface area contributed by atoms with E-state index >= 15 is 0 Å². The van der Waals surface area contributed by atoms with Crippen molar-refractivity contribution in [3.63, 3.8) is 0 Å². The number of aromatic nitrogens is 3. The molecule has 2 heterocycles. The lowest BCUT2D eigenvalue weighted by Crippen LogP contribution is -2.13. The van der Waals surface area contributed by atoms with Gasteiger partial charge in [0, 0.05) is 30.9 Å². The standard InChI is InChI=1S/C20H19F4N5/c1-29(2)12-14-9-13(6-7-15(14)21)11-26-18-10-17(20(22,23)24)27-19(28-18)16-5-3-4-8-25-16/h3-10H,11-12H2,1-2H3,(H,26,27,28). The Morgan fingerprint density at radius 3 is 2.48 bits per heavy atom. The SMILES string of the molecule is CN(C)Cc1cc(CNc2cc(C(F)(F)F)nc(-c3ccccn3)n2)ccc1F. The fraction of sp³-hybridized carbons (Fsp3) is 0.250. The molecule has 1 aromatic carbocycles. The highest BCUT2D eigenvalue weighted by Gasteiger charge is 2.34. The first-order valence-corrected chi connectivity index (χ1v) is 8.76. The molecule has 0 spiro atoms. The number of alkyl halides is 3. The van der Waals surface area contributed by atoms with Crippen molar-refractivity contribution in [2.45, 2.75) is 19.3 Å². The second-order valence-electron chi connectivity index (χ2n) is 6.69. The smallest absolute Gasteiger partial charge is 0.366 e. The Morgan fingerprint density at radius 2 is 1.83 bits per heavy atom. The largest absolute Gasteiger partial charge is 0.433 e. The van der Waals surface area contributed by atoms with E-state index in [2.05, 4.69) is 20.3 Å². The molecule has 0 unspecified atom stereocenters. The molecule has 0 aliphatic rings. The van der Waals surface area contributed by atoms with E-state index < -0.39 is 11.9 Å². The van der Waals surface area contributed by atoms with Crippen LogP contribution in [0.5, 0.6) is 0 Å². The third kappa shape index (κ3) is 5.47. The van der Waals surface area contributed by atoms with E-state index in [1.807, 2.05) is 19.0 Å². The predicted molar refractivity (Wildman–Crippen MR) is 101 cm³/mol. The lowest BCUT2D eigenvalue weighted by molar-refractivity contribution is -0.141. The minimum atomic E-state index is -4.63. The summed E-state index contributed by atoms with van der Waals surface area (Å²) in [6.07, 6.45) is -3.17. The topological polar surface area (TPSA) is 53.9 Å². The lowest BCUT2D eigenvalue weighted by Gasteiger charge is -2.14. The molecule has 0 amide bonds. The van der Waals surface area contributed by atoms with Gasteiger partial charge in [-0.2, -0.15) is 13.2 Å². The average molecular weight is 405 g/mol. The van der Waals surface area contributed by atoms with Crippen LogP contribution < -0.4 is 5.32 Å². The molecular weight excluding hydrogens is 386 g/mol. The molecule has 0 fully saturated rings. The maximum Gasteiger partial charge on any atom is 0.433 e. The molecular formula is C20H19F4N5. The van der Waals surface area contributed by atoms with Crippen LogP contribution in [0, 0.1) is 5.82 Å². The molecule has 1 N–H and O–H groups in total. The third-order valence-corrected chi connectivity index (χ3v) is 3.98. The van der Waals surface area contributed by atoms with Gasteiger partial charge < -0.3 is 10.2 Å². The molecule has 0 radical (unpaired) electrons. The third-order valence-electron chi connectivity index (χ3n) is 3.98. The van der Waals surface area contributed by atoms with Crippen LogP contribution in [-0.4, -0.2) is 33.9 Å². The highest BCUT2D eigenvalue weighted by atomic mass is 19.4. The Kier molecular flexibility index (Phi) is 6.07. The van der Waals surface area contributed by atoms with Crippen molar-refractivity contribution in [2.24, 2.45) is 0 Å². The monoisotopic (exact) mass is 405 g/mol. The van der Waals surface area contributed by atoms with Crippen LogP contribution in [0.1, 0.15) is 16.8 Å². The van der Waals surface area contributed by atoms with Crippen LogP contribution in [0.25, 0.3) is 11.5 Å². The first-order chi connectivity index (χ1) is 13.7. The normalized spacial score (nSPS) is 11.7. The predicted octanol–water partition coefficient (Wildman–Crippen LogP) is 4.37. The van der Waals surface area contributed by atoms with E-state index in [1.165, 1.54) is 18.3 Å². The molecule has 0 bridgehead atoms. The molecule has 3 rings (SSSR count). The van der Waals surface area contributed by atoms with Crippen molar-refractivity contribution in [1.29, 1.82) is 0 Å². The van der Waals surface area contributed by atoms with E-state index in [9.17, 15) is 17.6 Å². The minimum Gasteiger partial charge on any atom is -0.366 e. The molecule has 0 aliphatic carbocycles. The fourth-order valence-electron chi connectivity index (χ4n) is 2.69. The number of nitrogens with zero attached hydrogens (tertiary/aromatic N) is 4. The van der Waals surface area contributed by atoms with Gasteiger partial charge in [-0.3, -0.25) is 4.98 Å². The van der Waals surface area contributed by atoms with Crippen molar-refractivity contribution < 1.29 is 17.6 Å². The van der Waals surface area contributed by atoms with Crippen LogP contribution in [0.3, 0.4) is 0 Å². The number of hydrogen-bond donors (Lipinski definition) is 1. The first-order valence-electron chi connectivity index (χ1n) is 8.76. The molecule has 29 heavy (non-hydrogen) atoms. The van der Waals surface area contributed by atoms with Gasteiger partial charge in [0.25, 0.3) is 0 Å². The summed E-state index contributed by atoms with van der Waals surface area (Å²) in [6.45, 7) is 0.589. The number of benzene rings is 1. The summed E-state index contributed by atoms with van der Waals surface area (Å²) in [5.41, 5.74) is 0.386. The molecule has 9 heteroatoms. The Labute approximate surface area is 165 Å². The van der Waals surface area contributed by atoms with Gasteiger partial charge in [0.1, 0.15) is 17.3 Å². The summed E-state index contributed by atoms with van der Waals surface area (Å²) < 4.78 is 53.7. The van der Waals surface area contributed by atoms with Crippen LogP contribution >= 0.6 is 0 Å². The van der Waals surface area contributed by atoms with E-state index in [4.69, 9.17) is 0 Å². The number of anilines is 1. The summed E-state index contributed by atoms with van der Waals surface area (Å²) in [5, 5.41) is 2.87. The molecule has 5 nitrogen and oxygen atoms in total. The molecule has 2 aromatic heterocycles. The van der Waals surface area contributed by atoms with Crippen molar-refractivity contribution in [1.82, 2.24) is 19.9 Å². The van der Waals surface area contributed by atoms with E-state index in [1.54, 1.807) is 24.3 Å².